The van der Waals surface area contributed by atoms with Crippen molar-refractivity contribution in [1.29, 1.82) is 0 Å². The van der Waals surface area contributed by atoms with Gasteiger partial charge in [-0.1, -0.05) is 31.0 Å². The summed E-state index contributed by atoms with van der Waals surface area (Å²) in [7, 11) is 3.91. The molecule has 0 aromatic heterocycles. The third-order valence-corrected chi connectivity index (χ3v) is 7.12. The van der Waals surface area contributed by atoms with Crippen LogP contribution in [0.15, 0.2) is 18.2 Å². The molecule has 1 aromatic rings. The van der Waals surface area contributed by atoms with Crippen molar-refractivity contribution in [2.45, 2.75) is 70.1 Å². The van der Waals surface area contributed by atoms with Gasteiger partial charge in [0.15, 0.2) is 0 Å². The Kier molecular flexibility index (Phi) is 7.73. The summed E-state index contributed by atoms with van der Waals surface area (Å²) in [4.78, 5) is 30.0. The number of carbonyl (C=O) groups is 2. The van der Waals surface area contributed by atoms with Crippen molar-refractivity contribution in [2.75, 3.05) is 39.0 Å². The number of aliphatic hydroxyl groups excluding tert-OH is 1. The first-order valence-corrected chi connectivity index (χ1v) is 11.5. The molecule has 1 saturated carbocycles. The van der Waals surface area contributed by atoms with Crippen molar-refractivity contribution >= 4 is 17.5 Å². The molecule has 3 rings (SSSR count). The molecule has 1 saturated heterocycles. The van der Waals surface area contributed by atoms with Gasteiger partial charge < -0.3 is 15.7 Å². The van der Waals surface area contributed by atoms with Gasteiger partial charge in [-0.15, -0.1) is 0 Å². The summed E-state index contributed by atoms with van der Waals surface area (Å²) in [6.07, 6.45) is 4.56. The molecule has 1 heterocycles. The number of hydrogen-bond donors (Lipinski definition) is 3. The smallest absolute Gasteiger partial charge is 0.244 e. The zero-order valence-electron chi connectivity index (χ0n) is 19.4. The molecule has 172 valence electrons. The summed E-state index contributed by atoms with van der Waals surface area (Å²) < 4.78 is 0. The molecular weight excluding hydrogens is 392 g/mol. The number of hydrogen-bond acceptors (Lipinski definition) is 5. The van der Waals surface area contributed by atoms with Crippen LogP contribution in [-0.2, 0) is 9.59 Å². The number of aryl methyl sites for hydroxylation is 2. The number of nitrogens with one attached hydrogen (secondary N) is 2. The molecule has 0 radical (unpaired) electrons. The summed E-state index contributed by atoms with van der Waals surface area (Å²) in [5.74, 6) is -0.0207. The predicted molar refractivity (Wildman–Crippen MR) is 123 cm³/mol. The third kappa shape index (κ3) is 5.45. The molecule has 2 fully saturated rings. The molecular formula is C24H38N4O3. The van der Waals surface area contributed by atoms with Crippen LogP contribution in [-0.4, -0.2) is 78.1 Å². The quantitative estimate of drug-likeness (QED) is 0.643. The Morgan fingerprint density at radius 2 is 1.74 bits per heavy atom. The van der Waals surface area contributed by atoms with Crippen LogP contribution in [0.1, 0.15) is 49.7 Å². The Bertz CT molecular complexity index is 767. The Morgan fingerprint density at radius 1 is 1.13 bits per heavy atom. The lowest BCUT2D eigenvalue weighted by atomic mass is 9.85. The lowest BCUT2D eigenvalue weighted by Gasteiger charge is -2.44. The van der Waals surface area contributed by atoms with Gasteiger partial charge in [0.05, 0.1) is 18.7 Å². The fourth-order valence-corrected chi connectivity index (χ4v) is 4.94. The van der Waals surface area contributed by atoms with Crippen molar-refractivity contribution in [3.63, 3.8) is 0 Å². The van der Waals surface area contributed by atoms with E-state index in [1.165, 1.54) is 0 Å². The molecule has 1 aliphatic carbocycles. The zero-order chi connectivity index (χ0) is 22.6. The first-order chi connectivity index (χ1) is 14.7. The molecule has 1 aliphatic heterocycles. The second-order valence-electron chi connectivity index (χ2n) is 9.45. The van der Waals surface area contributed by atoms with Crippen LogP contribution in [0, 0.1) is 13.8 Å². The van der Waals surface area contributed by atoms with Crippen LogP contribution >= 0.6 is 0 Å². The first-order valence-electron chi connectivity index (χ1n) is 11.5. The minimum atomic E-state index is -0.596. The Balaban J connectivity index is 1.58. The van der Waals surface area contributed by atoms with E-state index in [1.807, 2.05) is 51.0 Å². The van der Waals surface area contributed by atoms with Gasteiger partial charge in [-0.3, -0.25) is 19.4 Å². The first kappa shape index (κ1) is 23.7. The highest BCUT2D eigenvalue weighted by Crippen LogP contribution is 2.30. The van der Waals surface area contributed by atoms with E-state index < -0.39 is 11.6 Å². The summed E-state index contributed by atoms with van der Waals surface area (Å²) in [6, 6.07) is 5.89. The Hall–Kier alpha value is -1.96. The van der Waals surface area contributed by atoms with Crippen molar-refractivity contribution < 1.29 is 14.7 Å². The number of benzene rings is 1. The molecule has 1 aromatic carbocycles. The van der Waals surface area contributed by atoms with Gasteiger partial charge in [-0.2, -0.15) is 0 Å². The molecule has 0 unspecified atom stereocenters. The van der Waals surface area contributed by atoms with E-state index in [4.69, 9.17) is 0 Å². The second kappa shape index (κ2) is 10.1. The summed E-state index contributed by atoms with van der Waals surface area (Å²) in [5.41, 5.74) is 2.41. The number of likely N-dealkylation sites (N-methyl/N-ethyl adjacent to an activating group) is 1. The minimum Gasteiger partial charge on any atom is -0.391 e. The Morgan fingerprint density at radius 3 is 2.32 bits per heavy atom. The molecule has 7 nitrogen and oxygen atoms in total. The van der Waals surface area contributed by atoms with Crippen molar-refractivity contribution in [3.8, 4) is 0 Å². The summed E-state index contributed by atoms with van der Waals surface area (Å²) in [5, 5.41) is 16.3. The molecule has 2 atom stereocenters. The number of carbonyl (C=O) groups excluding carboxylic acids is 2. The molecule has 0 bridgehead atoms. The normalized spacial score (nSPS) is 24.1. The Labute approximate surface area is 186 Å². The predicted octanol–water partition coefficient (Wildman–Crippen LogP) is 2.06. The number of anilines is 1. The van der Waals surface area contributed by atoms with Crippen LogP contribution in [0.5, 0.6) is 0 Å². The molecule has 2 aliphatic rings. The van der Waals surface area contributed by atoms with E-state index in [1.54, 1.807) is 0 Å². The maximum Gasteiger partial charge on any atom is 0.244 e. The third-order valence-electron chi connectivity index (χ3n) is 7.12. The topological polar surface area (TPSA) is 84.9 Å². The number of nitrogens with zero attached hydrogens (tertiary/aromatic N) is 2. The van der Waals surface area contributed by atoms with Gasteiger partial charge in [-0.25, -0.2) is 0 Å². The maximum atomic E-state index is 13.4. The average Bonchev–Trinajstić information content (AvgIpc) is 2.73. The largest absolute Gasteiger partial charge is 0.391 e. The monoisotopic (exact) mass is 430 g/mol. The highest BCUT2D eigenvalue weighted by molar-refractivity contribution is 5.99. The van der Waals surface area contributed by atoms with Gasteiger partial charge in [0.1, 0.15) is 5.54 Å². The molecule has 7 heteroatoms. The highest BCUT2D eigenvalue weighted by atomic mass is 16.3. The van der Waals surface area contributed by atoms with E-state index in [0.29, 0.717) is 32.5 Å². The van der Waals surface area contributed by atoms with Gasteiger partial charge in [0.25, 0.3) is 0 Å². The second-order valence-corrected chi connectivity index (χ2v) is 9.45. The van der Waals surface area contributed by atoms with Crippen molar-refractivity contribution in [1.82, 2.24) is 15.1 Å². The van der Waals surface area contributed by atoms with E-state index in [-0.39, 0.29) is 17.9 Å². The number of amides is 2. The standard InChI is InChI=1S/C24H38N4O3/c1-17-8-7-9-18(2)22(17)26-23(31)24(27(3)4)12-14-28(15-13-24)16-21(30)25-19-10-5-6-11-20(19)29/h7-9,19-20,29H,5-6,10-16H2,1-4H3,(H,25,30)(H,26,31)/t19-,20-/m1/s1. The minimum absolute atomic E-state index is 0.0179. The van der Waals surface area contributed by atoms with E-state index in [0.717, 1.165) is 42.5 Å². The summed E-state index contributed by atoms with van der Waals surface area (Å²) >= 11 is 0. The summed E-state index contributed by atoms with van der Waals surface area (Å²) in [6.45, 7) is 5.69. The number of rotatable bonds is 6. The van der Waals surface area contributed by atoms with Crippen molar-refractivity contribution in [3.05, 3.63) is 29.3 Å². The van der Waals surface area contributed by atoms with Gasteiger partial charge in [-0.05, 0) is 64.8 Å². The van der Waals surface area contributed by atoms with Gasteiger partial charge in [0.2, 0.25) is 11.8 Å². The van der Waals surface area contributed by atoms with Crippen LogP contribution < -0.4 is 10.6 Å². The molecule has 3 N–H and O–H groups in total. The fourth-order valence-electron chi connectivity index (χ4n) is 4.94. The van der Waals surface area contributed by atoms with E-state index >= 15 is 0 Å². The van der Waals surface area contributed by atoms with Gasteiger partial charge >= 0.3 is 0 Å². The fraction of sp³-hybridized carbons (Fsp3) is 0.667. The van der Waals surface area contributed by atoms with Crippen LogP contribution in [0.3, 0.4) is 0 Å². The number of piperidine rings is 1. The highest BCUT2D eigenvalue weighted by Gasteiger charge is 2.43. The number of likely N-dealkylation sites (tertiary alicyclic amines) is 1. The molecule has 31 heavy (non-hydrogen) atoms. The lowest BCUT2D eigenvalue weighted by molar-refractivity contribution is -0.130. The zero-order valence-corrected chi connectivity index (χ0v) is 19.4. The van der Waals surface area contributed by atoms with E-state index in [9.17, 15) is 14.7 Å². The number of aliphatic hydroxyl groups is 1. The van der Waals surface area contributed by atoms with Crippen LogP contribution in [0.2, 0.25) is 0 Å². The van der Waals surface area contributed by atoms with Crippen molar-refractivity contribution in [2.24, 2.45) is 0 Å². The molecule has 0 spiro atoms. The van der Waals surface area contributed by atoms with Crippen LogP contribution in [0.25, 0.3) is 0 Å². The average molecular weight is 431 g/mol. The number of para-hydroxylation sites is 1. The molecule has 2 amide bonds. The SMILES string of the molecule is Cc1cccc(C)c1NC(=O)C1(N(C)C)CCN(CC(=O)N[C@@H]2CCCC[C@H]2O)CC1. The van der Waals surface area contributed by atoms with Crippen LogP contribution in [0.4, 0.5) is 5.69 Å². The lowest BCUT2D eigenvalue weighted by Crippen LogP contribution is -2.60. The van der Waals surface area contributed by atoms with Gasteiger partial charge in [0, 0.05) is 18.8 Å². The maximum absolute atomic E-state index is 13.4. The van der Waals surface area contributed by atoms with E-state index in [2.05, 4.69) is 15.5 Å².